The summed E-state index contributed by atoms with van der Waals surface area (Å²) in [5.41, 5.74) is 3.19. The van der Waals surface area contributed by atoms with Crippen LogP contribution in [-0.4, -0.2) is 5.78 Å². The van der Waals surface area contributed by atoms with Crippen molar-refractivity contribution in [2.75, 3.05) is 5.32 Å². The fraction of sp³-hybridized carbons (Fsp3) is 0.312. The van der Waals surface area contributed by atoms with Crippen LogP contribution in [0.25, 0.3) is 0 Å². The first kappa shape index (κ1) is 13.8. The molecule has 1 aromatic carbocycles. The molecular weight excluding hydrogens is 254 g/mol. The molecule has 0 atom stereocenters. The topological polar surface area (TPSA) is 29.1 Å². The maximum atomic E-state index is 11.5. The van der Waals surface area contributed by atoms with E-state index in [-0.39, 0.29) is 5.78 Å². The van der Waals surface area contributed by atoms with Crippen molar-refractivity contribution in [2.45, 2.75) is 33.7 Å². The molecule has 0 amide bonds. The monoisotopic (exact) mass is 273 g/mol. The molecule has 0 aliphatic rings. The van der Waals surface area contributed by atoms with Gasteiger partial charge in [-0.25, -0.2) is 0 Å². The molecule has 1 aromatic heterocycles. The summed E-state index contributed by atoms with van der Waals surface area (Å²) in [4.78, 5) is 14.2. The summed E-state index contributed by atoms with van der Waals surface area (Å²) in [6.07, 6.45) is 0.556. The Bertz CT molecular complexity index is 549. The molecule has 2 aromatic rings. The molecule has 0 fully saturated rings. The summed E-state index contributed by atoms with van der Waals surface area (Å²) >= 11 is 1.83. The van der Waals surface area contributed by atoms with E-state index < -0.39 is 0 Å². The number of nitrogens with one attached hydrogen (secondary N) is 1. The number of benzene rings is 1. The lowest BCUT2D eigenvalue weighted by atomic mass is 10.1. The first-order valence-electron chi connectivity index (χ1n) is 6.53. The van der Waals surface area contributed by atoms with Crippen molar-refractivity contribution in [1.29, 1.82) is 0 Å². The van der Waals surface area contributed by atoms with E-state index in [0.29, 0.717) is 6.42 Å². The molecule has 0 saturated heterocycles. The average molecular weight is 273 g/mol. The van der Waals surface area contributed by atoms with Gasteiger partial charge in [-0.2, -0.15) is 0 Å². The molecule has 0 spiro atoms. The summed E-state index contributed by atoms with van der Waals surface area (Å²) in [6, 6.07) is 9.94. The Balaban J connectivity index is 1.98. The highest BCUT2D eigenvalue weighted by atomic mass is 32.1. The average Bonchev–Trinajstić information content (AvgIpc) is 2.75. The summed E-state index contributed by atoms with van der Waals surface area (Å²) in [5.74, 6) is 0.191. The third-order valence-electron chi connectivity index (χ3n) is 3.21. The van der Waals surface area contributed by atoms with Gasteiger partial charge in [0.15, 0.2) is 5.78 Å². The maximum absolute atomic E-state index is 11.5. The van der Waals surface area contributed by atoms with Gasteiger partial charge in [0.25, 0.3) is 0 Å². The number of aryl methyl sites for hydroxylation is 2. The molecule has 2 nitrogen and oxygen atoms in total. The SMILES string of the molecule is CCC(=O)c1ccc(NCc2cc(C)c(C)s2)cc1. The van der Waals surface area contributed by atoms with Crippen molar-refractivity contribution in [3.05, 3.63) is 51.2 Å². The number of carbonyl (C=O) groups excluding carboxylic acids is 1. The van der Waals surface area contributed by atoms with Gasteiger partial charge >= 0.3 is 0 Å². The molecule has 1 heterocycles. The molecule has 0 unspecified atom stereocenters. The van der Waals surface area contributed by atoms with Crippen LogP contribution in [0.4, 0.5) is 5.69 Å². The van der Waals surface area contributed by atoms with Gasteiger partial charge in [-0.05, 0) is 49.7 Å². The van der Waals surface area contributed by atoms with Crippen LogP contribution in [0.3, 0.4) is 0 Å². The van der Waals surface area contributed by atoms with E-state index in [9.17, 15) is 4.79 Å². The largest absolute Gasteiger partial charge is 0.380 e. The van der Waals surface area contributed by atoms with E-state index in [1.54, 1.807) is 0 Å². The van der Waals surface area contributed by atoms with Gasteiger partial charge in [-0.3, -0.25) is 4.79 Å². The van der Waals surface area contributed by atoms with E-state index in [1.165, 1.54) is 15.3 Å². The van der Waals surface area contributed by atoms with Crippen LogP contribution < -0.4 is 5.32 Å². The molecule has 19 heavy (non-hydrogen) atoms. The zero-order valence-electron chi connectivity index (χ0n) is 11.6. The minimum absolute atomic E-state index is 0.191. The number of hydrogen-bond donors (Lipinski definition) is 1. The lowest BCUT2D eigenvalue weighted by molar-refractivity contribution is 0.0988. The van der Waals surface area contributed by atoms with E-state index in [0.717, 1.165) is 17.8 Å². The van der Waals surface area contributed by atoms with E-state index in [1.807, 2.05) is 42.5 Å². The summed E-state index contributed by atoms with van der Waals surface area (Å²) < 4.78 is 0. The molecule has 1 N–H and O–H groups in total. The molecule has 0 saturated carbocycles. The van der Waals surface area contributed by atoms with Crippen LogP contribution in [0.15, 0.2) is 30.3 Å². The zero-order chi connectivity index (χ0) is 13.8. The first-order valence-corrected chi connectivity index (χ1v) is 7.35. The molecular formula is C16H19NOS. The molecule has 2 rings (SSSR count). The fourth-order valence-corrected chi connectivity index (χ4v) is 2.90. The number of Topliss-reactive ketones (excluding diaryl/α,β-unsaturated/α-hetero) is 1. The van der Waals surface area contributed by atoms with Crippen LogP contribution >= 0.6 is 11.3 Å². The standard InChI is InChI=1S/C16H19NOS/c1-4-16(18)13-5-7-14(8-6-13)17-10-15-9-11(2)12(3)19-15/h5-9,17H,4,10H2,1-3H3. The van der Waals surface area contributed by atoms with Crippen LogP contribution in [0.5, 0.6) is 0 Å². The normalized spacial score (nSPS) is 10.5. The summed E-state index contributed by atoms with van der Waals surface area (Å²) in [7, 11) is 0. The van der Waals surface area contributed by atoms with Crippen molar-refractivity contribution >= 4 is 22.8 Å². The molecule has 0 aliphatic heterocycles. The van der Waals surface area contributed by atoms with Crippen LogP contribution in [0.1, 0.15) is 39.0 Å². The van der Waals surface area contributed by atoms with Gasteiger partial charge in [-0.15, -0.1) is 11.3 Å². The minimum atomic E-state index is 0.191. The van der Waals surface area contributed by atoms with Crippen LogP contribution in [0.2, 0.25) is 0 Å². The lowest BCUT2D eigenvalue weighted by Crippen LogP contribution is -1.99. The van der Waals surface area contributed by atoms with E-state index in [2.05, 4.69) is 25.2 Å². The van der Waals surface area contributed by atoms with E-state index >= 15 is 0 Å². The molecule has 0 radical (unpaired) electrons. The Morgan fingerprint density at radius 1 is 1.21 bits per heavy atom. The Hall–Kier alpha value is -1.61. The molecule has 0 aliphatic carbocycles. The van der Waals surface area contributed by atoms with Gasteiger partial charge in [0, 0.05) is 34.0 Å². The van der Waals surface area contributed by atoms with Crippen molar-refractivity contribution in [3.63, 3.8) is 0 Å². The molecule has 0 bridgehead atoms. The van der Waals surface area contributed by atoms with Gasteiger partial charge < -0.3 is 5.32 Å². The van der Waals surface area contributed by atoms with Crippen molar-refractivity contribution < 1.29 is 4.79 Å². The highest BCUT2D eigenvalue weighted by molar-refractivity contribution is 7.12. The number of rotatable bonds is 5. The van der Waals surface area contributed by atoms with Crippen LogP contribution in [-0.2, 0) is 6.54 Å². The van der Waals surface area contributed by atoms with Gasteiger partial charge in [0.1, 0.15) is 0 Å². The third-order valence-corrected chi connectivity index (χ3v) is 4.36. The first-order chi connectivity index (χ1) is 9.10. The second-order valence-corrected chi connectivity index (χ2v) is 6.00. The smallest absolute Gasteiger partial charge is 0.162 e. The predicted molar refractivity (Wildman–Crippen MR) is 82.2 cm³/mol. The molecule has 3 heteroatoms. The van der Waals surface area contributed by atoms with Crippen molar-refractivity contribution in [2.24, 2.45) is 0 Å². The third kappa shape index (κ3) is 3.44. The highest BCUT2D eigenvalue weighted by Gasteiger charge is 2.03. The number of anilines is 1. The quantitative estimate of drug-likeness (QED) is 0.808. The van der Waals surface area contributed by atoms with Gasteiger partial charge in [0.2, 0.25) is 0 Å². The van der Waals surface area contributed by atoms with Gasteiger partial charge in [-0.1, -0.05) is 6.92 Å². The number of thiophene rings is 1. The van der Waals surface area contributed by atoms with Crippen molar-refractivity contribution in [3.8, 4) is 0 Å². The molecule has 100 valence electrons. The number of hydrogen-bond acceptors (Lipinski definition) is 3. The van der Waals surface area contributed by atoms with E-state index in [4.69, 9.17) is 0 Å². The Morgan fingerprint density at radius 3 is 2.42 bits per heavy atom. The second kappa shape index (κ2) is 6.02. The fourth-order valence-electron chi connectivity index (χ4n) is 1.90. The Kier molecular flexibility index (Phi) is 4.38. The summed E-state index contributed by atoms with van der Waals surface area (Å²) in [5, 5.41) is 3.38. The predicted octanol–water partition coefficient (Wildman–Crippen LogP) is 4.57. The Morgan fingerprint density at radius 2 is 1.89 bits per heavy atom. The number of carbonyl (C=O) groups is 1. The minimum Gasteiger partial charge on any atom is -0.380 e. The lowest BCUT2D eigenvalue weighted by Gasteiger charge is -2.05. The van der Waals surface area contributed by atoms with Crippen molar-refractivity contribution in [1.82, 2.24) is 0 Å². The summed E-state index contributed by atoms with van der Waals surface area (Å²) in [6.45, 7) is 7.01. The zero-order valence-corrected chi connectivity index (χ0v) is 12.4. The van der Waals surface area contributed by atoms with Crippen LogP contribution in [0, 0.1) is 13.8 Å². The maximum Gasteiger partial charge on any atom is 0.162 e. The highest BCUT2D eigenvalue weighted by Crippen LogP contribution is 2.21. The number of ketones is 1. The Labute approximate surface area is 118 Å². The van der Waals surface area contributed by atoms with Gasteiger partial charge in [0.05, 0.1) is 0 Å². The second-order valence-electron chi connectivity index (χ2n) is 4.66.